The molecule has 0 aromatic heterocycles. The zero-order valence-corrected chi connectivity index (χ0v) is 11.1. The minimum absolute atomic E-state index is 0.647. The third-order valence-electron chi connectivity index (χ3n) is 2.65. The zero-order valence-electron chi connectivity index (χ0n) is 10.3. The number of anilines is 3. The summed E-state index contributed by atoms with van der Waals surface area (Å²) in [6.07, 6.45) is 0. The van der Waals surface area contributed by atoms with Crippen molar-refractivity contribution in [1.82, 2.24) is 0 Å². The van der Waals surface area contributed by atoms with Crippen molar-refractivity contribution in [2.45, 2.75) is 6.92 Å². The number of ether oxygens (including phenoxy) is 1. The van der Waals surface area contributed by atoms with Crippen LogP contribution in [0, 0.1) is 6.92 Å². The Bertz CT molecular complexity index is 570. The van der Waals surface area contributed by atoms with Crippen LogP contribution in [0.5, 0.6) is 5.75 Å². The molecule has 3 N–H and O–H groups in total. The van der Waals surface area contributed by atoms with Crippen molar-refractivity contribution in [2.24, 2.45) is 0 Å². The lowest BCUT2D eigenvalue weighted by Gasteiger charge is -2.12. The van der Waals surface area contributed by atoms with E-state index in [2.05, 4.69) is 5.32 Å². The molecule has 0 bridgehead atoms. The van der Waals surface area contributed by atoms with Gasteiger partial charge in [-0.15, -0.1) is 0 Å². The van der Waals surface area contributed by atoms with Crippen LogP contribution in [0.1, 0.15) is 5.56 Å². The van der Waals surface area contributed by atoms with Gasteiger partial charge in [0.25, 0.3) is 0 Å². The molecule has 2 aromatic carbocycles. The second kappa shape index (κ2) is 5.19. The molecule has 0 aliphatic carbocycles. The Morgan fingerprint density at radius 1 is 1.11 bits per heavy atom. The largest absolute Gasteiger partial charge is 0.497 e. The average molecular weight is 263 g/mol. The van der Waals surface area contributed by atoms with Crippen LogP contribution in [-0.4, -0.2) is 7.11 Å². The number of aryl methyl sites for hydroxylation is 1. The Kier molecular flexibility index (Phi) is 3.63. The first-order valence-electron chi connectivity index (χ1n) is 5.57. The highest BCUT2D eigenvalue weighted by atomic mass is 35.5. The smallest absolute Gasteiger partial charge is 0.121 e. The van der Waals surface area contributed by atoms with Gasteiger partial charge in [0, 0.05) is 6.07 Å². The maximum atomic E-state index is 6.14. The second-order valence-electron chi connectivity index (χ2n) is 4.06. The third kappa shape index (κ3) is 2.68. The van der Waals surface area contributed by atoms with E-state index in [0.717, 1.165) is 22.7 Å². The molecule has 0 saturated heterocycles. The molecular formula is C14H15ClN2O. The van der Waals surface area contributed by atoms with E-state index in [4.69, 9.17) is 22.1 Å². The van der Waals surface area contributed by atoms with Crippen LogP contribution >= 0.6 is 11.6 Å². The maximum absolute atomic E-state index is 6.14. The van der Waals surface area contributed by atoms with Crippen molar-refractivity contribution < 1.29 is 4.74 Å². The Morgan fingerprint density at radius 2 is 1.89 bits per heavy atom. The predicted molar refractivity (Wildman–Crippen MR) is 76.9 cm³/mol. The van der Waals surface area contributed by atoms with Crippen LogP contribution in [0.4, 0.5) is 17.1 Å². The van der Waals surface area contributed by atoms with Crippen LogP contribution in [0.2, 0.25) is 5.02 Å². The topological polar surface area (TPSA) is 47.3 Å². The molecule has 0 spiro atoms. The monoisotopic (exact) mass is 262 g/mol. The Balaban J connectivity index is 2.36. The first kappa shape index (κ1) is 12.6. The summed E-state index contributed by atoms with van der Waals surface area (Å²) in [5.41, 5.74) is 9.30. The van der Waals surface area contributed by atoms with Gasteiger partial charge in [-0.1, -0.05) is 17.7 Å². The van der Waals surface area contributed by atoms with Crippen LogP contribution in [0.25, 0.3) is 0 Å². The van der Waals surface area contributed by atoms with Crippen molar-refractivity contribution in [1.29, 1.82) is 0 Å². The normalized spacial score (nSPS) is 10.2. The van der Waals surface area contributed by atoms with E-state index >= 15 is 0 Å². The lowest BCUT2D eigenvalue weighted by Crippen LogP contribution is -1.98. The van der Waals surface area contributed by atoms with E-state index in [9.17, 15) is 0 Å². The first-order valence-corrected chi connectivity index (χ1v) is 5.94. The standard InChI is InChI=1S/C14H15ClN2O/c1-9-3-5-11(15)13(7-9)17-14-8-10(18-2)4-6-12(14)16/h3-8,17H,16H2,1-2H3. The molecule has 0 atom stereocenters. The van der Waals surface area contributed by atoms with Gasteiger partial charge in [0.05, 0.1) is 29.2 Å². The molecule has 0 amide bonds. The zero-order chi connectivity index (χ0) is 13.1. The van der Waals surface area contributed by atoms with Crippen LogP contribution in [0.15, 0.2) is 36.4 Å². The molecule has 0 aliphatic heterocycles. The maximum Gasteiger partial charge on any atom is 0.121 e. The number of hydrogen-bond acceptors (Lipinski definition) is 3. The molecule has 0 aliphatic rings. The van der Waals surface area contributed by atoms with Gasteiger partial charge in [0.15, 0.2) is 0 Å². The van der Waals surface area contributed by atoms with Gasteiger partial charge in [-0.2, -0.15) is 0 Å². The Labute approximate surface area is 112 Å². The van der Waals surface area contributed by atoms with E-state index in [1.807, 2.05) is 37.3 Å². The van der Waals surface area contributed by atoms with Crippen molar-refractivity contribution in [3.05, 3.63) is 47.0 Å². The molecule has 2 rings (SSSR count). The lowest BCUT2D eigenvalue weighted by molar-refractivity contribution is 0.415. The number of nitrogens with two attached hydrogens (primary N) is 1. The summed E-state index contributed by atoms with van der Waals surface area (Å²) in [5, 5.41) is 3.87. The number of nitrogens with one attached hydrogen (secondary N) is 1. The Hall–Kier alpha value is -1.87. The summed E-state index contributed by atoms with van der Waals surface area (Å²) < 4.78 is 5.17. The molecule has 0 unspecified atom stereocenters. The third-order valence-corrected chi connectivity index (χ3v) is 2.98. The van der Waals surface area contributed by atoms with Gasteiger partial charge in [-0.05, 0) is 36.8 Å². The fourth-order valence-electron chi connectivity index (χ4n) is 1.65. The molecule has 94 valence electrons. The molecule has 0 fully saturated rings. The summed E-state index contributed by atoms with van der Waals surface area (Å²) in [7, 11) is 1.62. The highest BCUT2D eigenvalue weighted by Crippen LogP contribution is 2.31. The van der Waals surface area contributed by atoms with Gasteiger partial charge in [0.2, 0.25) is 0 Å². The van der Waals surface area contributed by atoms with Crippen molar-refractivity contribution >= 4 is 28.7 Å². The fourth-order valence-corrected chi connectivity index (χ4v) is 1.82. The van der Waals surface area contributed by atoms with Crippen molar-refractivity contribution in [3.8, 4) is 5.75 Å². The molecule has 0 heterocycles. The minimum Gasteiger partial charge on any atom is -0.497 e. The molecule has 0 saturated carbocycles. The van der Waals surface area contributed by atoms with Crippen molar-refractivity contribution in [3.63, 3.8) is 0 Å². The average Bonchev–Trinajstić information content (AvgIpc) is 2.36. The predicted octanol–water partition coefficient (Wildman–Crippen LogP) is 3.98. The summed E-state index contributed by atoms with van der Waals surface area (Å²) in [5.74, 6) is 0.746. The van der Waals surface area contributed by atoms with Crippen LogP contribution in [0.3, 0.4) is 0 Å². The number of benzene rings is 2. The second-order valence-corrected chi connectivity index (χ2v) is 4.47. The van der Waals surface area contributed by atoms with E-state index in [1.54, 1.807) is 13.2 Å². The van der Waals surface area contributed by atoms with E-state index in [1.165, 1.54) is 0 Å². The quantitative estimate of drug-likeness (QED) is 0.823. The van der Waals surface area contributed by atoms with Crippen LogP contribution < -0.4 is 15.8 Å². The molecule has 3 nitrogen and oxygen atoms in total. The molecule has 0 radical (unpaired) electrons. The molecular weight excluding hydrogens is 248 g/mol. The van der Waals surface area contributed by atoms with Gasteiger partial charge in [-0.3, -0.25) is 0 Å². The Morgan fingerprint density at radius 3 is 2.61 bits per heavy atom. The summed E-state index contributed by atoms with van der Waals surface area (Å²) in [6, 6.07) is 11.2. The SMILES string of the molecule is COc1ccc(N)c(Nc2cc(C)ccc2Cl)c1. The van der Waals surface area contributed by atoms with Crippen LogP contribution in [-0.2, 0) is 0 Å². The summed E-state index contributed by atoms with van der Waals surface area (Å²) in [4.78, 5) is 0. The number of rotatable bonds is 3. The summed E-state index contributed by atoms with van der Waals surface area (Å²) >= 11 is 6.14. The van der Waals surface area contributed by atoms with Gasteiger partial charge < -0.3 is 15.8 Å². The van der Waals surface area contributed by atoms with Gasteiger partial charge in [-0.25, -0.2) is 0 Å². The van der Waals surface area contributed by atoms with Gasteiger partial charge >= 0.3 is 0 Å². The number of nitrogen functional groups attached to an aromatic ring is 1. The molecule has 18 heavy (non-hydrogen) atoms. The number of halogens is 1. The minimum atomic E-state index is 0.647. The van der Waals surface area contributed by atoms with E-state index < -0.39 is 0 Å². The van der Waals surface area contributed by atoms with Gasteiger partial charge in [0.1, 0.15) is 5.75 Å². The highest BCUT2D eigenvalue weighted by Gasteiger charge is 2.05. The molecule has 2 aromatic rings. The number of methoxy groups -OCH3 is 1. The van der Waals surface area contributed by atoms with E-state index in [0.29, 0.717) is 10.7 Å². The summed E-state index contributed by atoms with van der Waals surface area (Å²) in [6.45, 7) is 2.01. The van der Waals surface area contributed by atoms with Crippen molar-refractivity contribution in [2.75, 3.05) is 18.2 Å². The fraction of sp³-hybridized carbons (Fsp3) is 0.143. The number of hydrogen-bond donors (Lipinski definition) is 2. The highest BCUT2D eigenvalue weighted by molar-refractivity contribution is 6.33. The lowest BCUT2D eigenvalue weighted by atomic mass is 10.2. The first-order chi connectivity index (χ1) is 8.60. The molecule has 4 heteroatoms. The van der Waals surface area contributed by atoms with E-state index in [-0.39, 0.29) is 0 Å².